The number of fused-ring (bicyclic) bond motifs is 1. The van der Waals surface area contributed by atoms with Gasteiger partial charge in [0.2, 0.25) is 0 Å². The minimum atomic E-state index is 0.405. The lowest BCUT2D eigenvalue weighted by Gasteiger charge is -2.01. The highest BCUT2D eigenvalue weighted by atomic mass is 15.0. The van der Waals surface area contributed by atoms with Gasteiger partial charge in [-0.25, -0.2) is 15.0 Å². The lowest BCUT2D eigenvalue weighted by atomic mass is 10.1. The Morgan fingerprint density at radius 1 is 1.21 bits per heavy atom. The summed E-state index contributed by atoms with van der Waals surface area (Å²) in [6, 6.07) is 8.09. The molecule has 1 aromatic carbocycles. The molecule has 2 aromatic heterocycles. The molecular formula is C13H14N6. The zero-order chi connectivity index (χ0) is 13.2. The van der Waals surface area contributed by atoms with E-state index in [0.717, 1.165) is 17.8 Å². The van der Waals surface area contributed by atoms with E-state index < -0.39 is 0 Å². The fraction of sp³-hybridized carbons (Fsp3) is 0.154. The van der Waals surface area contributed by atoms with E-state index in [0.29, 0.717) is 23.5 Å². The van der Waals surface area contributed by atoms with Gasteiger partial charge in [-0.1, -0.05) is 18.2 Å². The van der Waals surface area contributed by atoms with Crippen molar-refractivity contribution in [2.45, 2.75) is 6.42 Å². The Kier molecular flexibility index (Phi) is 2.85. The fourth-order valence-electron chi connectivity index (χ4n) is 2.02. The first-order chi connectivity index (χ1) is 9.28. The quantitative estimate of drug-likeness (QED) is 0.649. The van der Waals surface area contributed by atoms with Gasteiger partial charge in [0.05, 0.1) is 0 Å². The predicted molar refractivity (Wildman–Crippen MR) is 74.3 cm³/mol. The molecule has 6 heteroatoms. The third kappa shape index (κ3) is 2.13. The van der Waals surface area contributed by atoms with Gasteiger partial charge in [-0.2, -0.15) is 0 Å². The van der Waals surface area contributed by atoms with Crippen molar-refractivity contribution in [3.05, 3.63) is 36.2 Å². The number of aromatic amines is 1. The summed E-state index contributed by atoms with van der Waals surface area (Å²) in [6.07, 6.45) is 2.25. The Balaban J connectivity index is 2.08. The highest BCUT2D eigenvalue weighted by molar-refractivity contribution is 5.84. The maximum absolute atomic E-state index is 5.79. The summed E-state index contributed by atoms with van der Waals surface area (Å²) < 4.78 is 0. The maximum Gasteiger partial charge on any atom is 0.183 e. The van der Waals surface area contributed by atoms with Crippen molar-refractivity contribution in [1.29, 1.82) is 0 Å². The summed E-state index contributed by atoms with van der Waals surface area (Å²) >= 11 is 0. The molecule has 19 heavy (non-hydrogen) atoms. The van der Waals surface area contributed by atoms with Crippen LogP contribution >= 0.6 is 0 Å². The van der Waals surface area contributed by atoms with Crippen LogP contribution in [0, 0.1) is 0 Å². The SMILES string of the molecule is NCCc1cccc(-c2nc3ncnc(N)c3[nH]2)c1. The molecule has 0 aliphatic rings. The van der Waals surface area contributed by atoms with Gasteiger partial charge in [-0.05, 0) is 24.6 Å². The van der Waals surface area contributed by atoms with Crippen LogP contribution in [0.2, 0.25) is 0 Å². The van der Waals surface area contributed by atoms with E-state index in [1.807, 2.05) is 18.2 Å². The van der Waals surface area contributed by atoms with Crippen LogP contribution in [0.3, 0.4) is 0 Å². The Morgan fingerprint density at radius 2 is 2.11 bits per heavy atom. The van der Waals surface area contributed by atoms with E-state index in [2.05, 4.69) is 26.0 Å². The monoisotopic (exact) mass is 254 g/mol. The molecule has 0 aliphatic heterocycles. The van der Waals surface area contributed by atoms with Gasteiger partial charge in [0, 0.05) is 5.56 Å². The van der Waals surface area contributed by atoms with Crippen LogP contribution < -0.4 is 11.5 Å². The molecule has 0 radical (unpaired) electrons. The second kappa shape index (κ2) is 4.66. The molecular weight excluding hydrogens is 240 g/mol. The van der Waals surface area contributed by atoms with E-state index in [1.165, 1.54) is 11.9 Å². The van der Waals surface area contributed by atoms with Crippen LogP contribution in [-0.2, 0) is 6.42 Å². The largest absolute Gasteiger partial charge is 0.382 e. The molecule has 6 nitrogen and oxygen atoms in total. The van der Waals surface area contributed by atoms with E-state index in [4.69, 9.17) is 11.5 Å². The van der Waals surface area contributed by atoms with Crippen LogP contribution in [0.1, 0.15) is 5.56 Å². The van der Waals surface area contributed by atoms with Crippen LogP contribution in [0.15, 0.2) is 30.6 Å². The number of nitrogens with one attached hydrogen (secondary N) is 1. The Labute approximate surface area is 109 Å². The molecule has 0 atom stereocenters. The number of benzene rings is 1. The number of rotatable bonds is 3. The standard InChI is InChI=1S/C13H14N6/c14-5-4-8-2-1-3-9(6-8)12-18-10-11(15)16-7-17-13(10)19-12/h1-3,6-7H,4-5,14H2,(H3,15,16,17,18,19). The van der Waals surface area contributed by atoms with Crippen molar-refractivity contribution in [2.75, 3.05) is 12.3 Å². The number of nitrogens with two attached hydrogens (primary N) is 2. The highest BCUT2D eigenvalue weighted by Crippen LogP contribution is 2.22. The summed E-state index contributed by atoms with van der Waals surface area (Å²) in [7, 11) is 0. The fourth-order valence-corrected chi connectivity index (χ4v) is 2.02. The third-order valence-corrected chi connectivity index (χ3v) is 2.95. The average Bonchev–Trinajstić information content (AvgIpc) is 2.85. The number of hydrogen-bond acceptors (Lipinski definition) is 5. The topological polar surface area (TPSA) is 106 Å². The molecule has 0 bridgehead atoms. The number of nitrogens with zero attached hydrogens (tertiary/aromatic N) is 3. The Hall–Kier alpha value is -2.47. The van der Waals surface area contributed by atoms with E-state index in [1.54, 1.807) is 0 Å². The van der Waals surface area contributed by atoms with Crippen LogP contribution in [0.4, 0.5) is 5.82 Å². The normalized spacial score (nSPS) is 11.0. The molecule has 3 aromatic rings. The lowest BCUT2D eigenvalue weighted by Crippen LogP contribution is -2.02. The van der Waals surface area contributed by atoms with Gasteiger partial charge in [-0.15, -0.1) is 0 Å². The molecule has 0 saturated carbocycles. The number of H-pyrrole nitrogens is 1. The first-order valence-electron chi connectivity index (χ1n) is 6.03. The second-order valence-electron chi connectivity index (χ2n) is 4.28. The zero-order valence-corrected chi connectivity index (χ0v) is 10.3. The molecule has 3 rings (SSSR count). The number of anilines is 1. The van der Waals surface area contributed by atoms with E-state index in [9.17, 15) is 0 Å². The zero-order valence-electron chi connectivity index (χ0n) is 10.3. The van der Waals surface area contributed by atoms with Crippen LogP contribution in [0.25, 0.3) is 22.6 Å². The minimum Gasteiger partial charge on any atom is -0.382 e. The van der Waals surface area contributed by atoms with Crippen molar-refractivity contribution >= 4 is 17.0 Å². The van der Waals surface area contributed by atoms with Crippen LogP contribution in [0.5, 0.6) is 0 Å². The van der Waals surface area contributed by atoms with Crippen molar-refractivity contribution < 1.29 is 0 Å². The molecule has 0 spiro atoms. The van der Waals surface area contributed by atoms with Gasteiger partial charge >= 0.3 is 0 Å². The minimum absolute atomic E-state index is 0.405. The first kappa shape index (κ1) is 11.6. The van der Waals surface area contributed by atoms with Crippen molar-refractivity contribution in [1.82, 2.24) is 19.9 Å². The highest BCUT2D eigenvalue weighted by Gasteiger charge is 2.09. The molecule has 0 unspecified atom stereocenters. The van der Waals surface area contributed by atoms with Gasteiger partial charge in [0.15, 0.2) is 11.5 Å². The summed E-state index contributed by atoms with van der Waals surface area (Å²) in [5.41, 5.74) is 14.8. The summed E-state index contributed by atoms with van der Waals surface area (Å²) in [4.78, 5) is 15.6. The van der Waals surface area contributed by atoms with Crippen molar-refractivity contribution in [3.8, 4) is 11.4 Å². The number of nitrogen functional groups attached to an aromatic ring is 1. The summed E-state index contributed by atoms with van der Waals surface area (Å²) in [5.74, 6) is 1.14. The predicted octanol–water partition coefficient (Wildman–Crippen LogP) is 1.10. The van der Waals surface area contributed by atoms with E-state index in [-0.39, 0.29) is 0 Å². The molecule has 2 heterocycles. The smallest absolute Gasteiger partial charge is 0.183 e. The Bertz CT molecular complexity index is 718. The average molecular weight is 254 g/mol. The maximum atomic E-state index is 5.79. The van der Waals surface area contributed by atoms with Crippen molar-refractivity contribution in [3.63, 3.8) is 0 Å². The lowest BCUT2D eigenvalue weighted by molar-refractivity contribution is 0.969. The van der Waals surface area contributed by atoms with Crippen LogP contribution in [-0.4, -0.2) is 26.5 Å². The first-order valence-corrected chi connectivity index (χ1v) is 6.03. The summed E-state index contributed by atoms with van der Waals surface area (Å²) in [6.45, 7) is 0.627. The van der Waals surface area contributed by atoms with Gasteiger partial charge < -0.3 is 16.5 Å². The molecule has 0 aliphatic carbocycles. The van der Waals surface area contributed by atoms with Gasteiger partial charge in [0.1, 0.15) is 17.7 Å². The van der Waals surface area contributed by atoms with Crippen molar-refractivity contribution in [2.24, 2.45) is 5.73 Å². The number of aromatic nitrogens is 4. The van der Waals surface area contributed by atoms with E-state index >= 15 is 0 Å². The second-order valence-corrected chi connectivity index (χ2v) is 4.28. The molecule has 0 saturated heterocycles. The molecule has 0 fully saturated rings. The summed E-state index contributed by atoms with van der Waals surface area (Å²) in [5, 5.41) is 0. The number of hydrogen-bond donors (Lipinski definition) is 3. The molecule has 96 valence electrons. The van der Waals surface area contributed by atoms with Gasteiger partial charge in [0.25, 0.3) is 0 Å². The van der Waals surface area contributed by atoms with Gasteiger partial charge in [-0.3, -0.25) is 0 Å². The Morgan fingerprint density at radius 3 is 2.89 bits per heavy atom. The third-order valence-electron chi connectivity index (χ3n) is 2.95. The number of imidazole rings is 1. The molecule has 5 N–H and O–H groups in total. The molecule has 0 amide bonds.